The summed E-state index contributed by atoms with van der Waals surface area (Å²) in [5.74, 6) is 2.07. The largest absolute Gasteiger partial charge is 0.484 e. The summed E-state index contributed by atoms with van der Waals surface area (Å²) in [5, 5.41) is 8.36. The van der Waals surface area contributed by atoms with Crippen LogP contribution in [0.4, 0.5) is 0 Å². The number of ether oxygens (including phenoxy) is 1. The molecule has 1 unspecified atom stereocenters. The fraction of sp³-hybridized carbons (Fsp3) is 0.286. The van der Waals surface area contributed by atoms with Gasteiger partial charge in [0.05, 0.1) is 0 Å². The first-order chi connectivity index (χ1) is 13.3. The number of carbonyl (C=O) groups is 1. The maximum atomic E-state index is 12.4. The zero-order valence-corrected chi connectivity index (χ0v) is 15.1. The second-order valence-electron chi connectivity index (χ2n) is 6.75. The molecule has 6 nitrogen and oxygen atoms in total. The third-order valence-corrected chi connectivity index (χ3v) is 4.87. The molecule has 0 aliphatic carbocycles. The van der Waals surface area contributed by atoms with Crippen LogP contribution in [0, 0.1) is 5.92 Å². The number of likely N-dealkylation sites (tertiary alicyclic amines) is 1. The Balaban J connectivity index is 1.33. The quantitative estimate of drug-likeness (QED) is 0.676. The van der Waals surface area contributed by atoms with E-state index in [4.69, 9.17) is 4.74 Å². The van der Waals surface area contributed by atoms with Gasteiger partial charge in [0.15, 0.2) is 6.61 Å². The fourth-order valence-electron chi connectivity index (χ4n) is 3.44. The first-order valence-electron chi connectivity index (χ1n) is 9.19. The van der Waals surface area contributed by atoms with Crippen molar-refractivity contribution in [3.05, 3.63) is 72.8 Å². The predicted molar refractivity (Wildman–Crippen MR) is 102 cm³/mol. The second-order valence-corrected chi connectivity index (χ2v) is 6.75. The van der Waals surface area contributed by atoms with Crippen molar-refractivity contribution in [2.45, 2.75) is 12.8 Å². The lowest BCUT2D eigenvalue weighted by Gasteiger charge is -2.17. The Bertz CT molecular complexity index is 879. The predicted octanol–water partition coefficient (Wildman–Crippen LogP) is 2.74. The van der Waals surface area contributed by atoms with Gasteiger partial charge in [-0.05, 0) is 36.6 Å². The topological polar surface area (TPSA) is 60.2 Å². The van der Waals surface area contributed by atoms with Crippen molar-refractivity contribution in [3.63, 3.8) is 0 Å². The average Bonchev–Trinajstić information content (AvgIpc) is 3.38. The van der Waals surface area contributed by atoms with Crippen LogP contribution in [0.5, 0.6) is 5.75 Å². The summed E-state index contributed by atoms with van der Waals surface area (Å²) in [6.45, 7) is 1.58. The summed E-state index contributed by atoms with van der Waals surface area (Å²) in [5.41, 5.74) is 1.06. The van der Waals surface area contributed by atoms with Crippen molar-refractivity contribution in [2.24, 2.45) is 5.92 Å². The minimum atomic E-state index is 0.0332. The number of carbonyl (C=O) groups excluding carboxylic acids is 1. The maximum Gasteiger partial charge on any atom is 0.260 e. The SMILES string of the molecule is O=C(COc1ccccc1)N1CCC(Cc2nncn2-c2ccccc2)C1. The van der Waals surface area contributed by atoms with Gasteiger partial charge >= 0.3 is 0 Å². The summed E-state index contributed by atoms with van der Waals surface area (Å²) in [6, 6.07) is 19.5. The van der Waals surface area contributed by atoms with Crippen LogP contribution < -0.4 is 4.74 Å². The van der Waals surface area contributed by atoms with E-state index in [9.17, 15) is 4.79 Å². The summed E-state index contributed by atoms with van der Waals surface area (Å²) in [4.78, 5) is 14.3. The molecule has 0 radical (unpaired) electrons. The molecule has 27 heavy (non-hydrogen) atoms. The van der Waals surface area contributed by atoms with E-state index in [2.05, 4.69) is 10.2 Å². The van der Waals surface area contributed by atoms with Crippen LogP contribution in [-0.2, 0) is 11.2 Å². The average molecular weight is 362 g/mol. The lowest BCUT2D eigenvalue weighted by molar-refractivity contribution is -0.132. The lowest BCUT2D eigenvalue weighted by Crippen LogP contribution is -2.33. The summed E-state index contributed by atoms with van der Waals surface area (Å²) < 4.78 is 7.60. The summed E-state index contributed by atoms with van der Waals surface area (Å²) in [7, 11) is 0. The number of rotatable bonds is 6. The highest BCUT2D eigenvalue weighted by Gasteiger charge is 2.27. The van der Waals surface area contributed by atoms with Crippen molar-refractivity contribution in [1.82, 2.24) is 19.7 Å². The molecule has 1 atom stereocenters. The molecule has 3 aromatic rings. The third-order valence-electron chi connectivity index (χ3n) is 4.87. The van der Waals surface area contributed by atoms with Crippen molar-refractivity contribution in [2.75, 3.05) is 19.7 Å². The van der Waals surface area contributed by atoms with Gasteiger partial charge in [0.25, 0.3) is 5.91 Å². The zero-order chi connectivity index (χ0) is 18.5. The molecule has 0 spiro atoms. The molecule has 1 amide bonds. The molecule has 1 saturated heterocycles. The van der Waals surface area contributed by atoms with Gasteiger partial charge in [-0.15, -0.1) is 10.2 Å². The minimum absolute atomic E-state index is 0.0332. The fourth-order valence-corrected chi connectivity index (χ4v) is 3.44. The molecule has 4 rings (SSSR count). The molecular formula is C21H22N4O2. The molecule has 0 N–H and O–H groups in total. The Morgan fingerprint density at radius 3 is 2.59 bits per heavy atom. The highest BCUT2D eigenvalue weighted by Crippen LogP contribution is 2.22. The number of amides is 1. The molecule has 6 heteroatoms. The first-order valence-corrected chi connectivity index (χ1v) is 9.19. The van der Waals surface area contributed by atoms with E-state index < -0.39 is 0 Å². The minimum Gasteiger partial charge on any atom is -0.484 e. The van der Waals surface area contributed by atoms with Crippen LogP contribution in [0.3, 0.4) is 0 Å². The summed E-state index contributed by atoms with van der Waals surface area (Å²) >= 11 is 0. The Kier molecular flexibility index (Phi) is 5.14. The van der Waals surface area contributed by atoms with E-state index in [1.54, 1.807) is 6.33 Å². The molecule has 2 heterocycles. The molecule has 1 aliphatic rings. The highest BCUT2D eigenvalue weighted by atomic mass is 16.5. The Labute approximate surface area is 158 Å². The third kappa shape index (κ3) is 4.16. The van der Waals surface area contributed by atoms with Crippen LogP contribution in [0.25, 0.3) is 5.69 Å². The number of hydrogen-bond donors (Lipinski definition) is 0. The Hall–Kier alpha value is -3.15. The van der Waals surface area contributed by atoms with E-state index in [1.807, 2.05) is 70.1 Å². The number of para-hydroxylation sites is 2. The second kappa shape index (κ2) is 8.03. The van der Waals surface area contributed by atoms with E-state index >= 15 is 0 Å². The molecule has 1 aromatic heterocycles. The van der Waals surface area contributed by atoms with Crippen molar-refractivity contribution in [1.29, 1.82) is 0 Å². The number of hydrogen-bond acceptors (Lipinski definition) is 4. The van der Waals surface area contributed by atoms with Crippen molar-refractivity contribution in [3.8, 4) is 11.4 Å². The van der Waals surface area contributed by atoms with Gasteiger partial charge in [0, 0.05) is 25.2 Å². The van der Waals surface area contributed by atoms with Gasteiger partial charge in [0.1, 0.15) is 17.9 Å². The van der Waals surface area contributed by atoms with E-state index in [1.165, 1.54) is 0 Å². The molecule has 0 saturated carbocycles. The molecule has 1 fully saturated rings. The highest BCUT2D eigenvalue weighted by molar-refractivity contribution is 5.78. The standard InChI is InChI=1S/C21H22N4O2/c26-21(15-27-19-9-5-2-6-10-19)24-12-11-17(14-24)13-20-23-22-16-25(20)18-7-3-1-4-8-18/h1-10,16-17H,11-15H2. The number of benzene rings is 2. The van der Waals surface area contributed by atoms with E-state index in [0.717, 1.165) is 43.2 Å². The Morgan fingerprint density at radius 1 is 1.07 bits per heavy atom. The molecule has 0 bridgehead atoms. The van der Waals surface area contributed by atoms with Gasteiger partial charge < -0.3 is 9.64 Å². The normalized spacial score (nSPS) is 16.4. The summed E-state index contributed by atoms with van der Waals surface area (Å²) in [6.07, 6.45) is 3.52. The van der Waals surface area contributed by atoms with Gasteiger partial charge in [-0.3, -0.25) is 9.36 Å². The van der Waals surface area contributed by atoms with Gasteiger partial charge in [0.2, 0.25) is 0 Å². The van der Waals surface area contributed by atoms with Crippen molar-refractivity contribution < 1.29 is 9.53 Å². The van der Waals surface area contributed by atoms with E-state index in [0.29, 0.717) is 5.92 Å². The monoisotopic (exact) mass is 362 g/mol. The molecular weight excluding hydrogens is 340 g/mol. The molecule has 138 valence electrons. The lowest BCUT2D eigenvalue weighted by atomic mass is 10.0. The van der Waals surface area contributed by atoms with Crippen LogP contribution in [0.2, 0.25) is 0 Å². The number of nitrogens with zero attached hydrogens (tertiary/aromatic N) is 4. The van der Waals surface area contributed by atoms with Gasteiger partial charge in [-0.2, -0.15) is 0 Å². The van der Waals surface area contributed by atoms with Crippen molar-refractivity contribution >= 4 is 5.91 Å². The maximum absolute atomic E-state index is 12.4. The first kappa shape index (κ1) is 17.3. The zero-order valence-electron chi connectivity index (χ0n) is 15.1. The Morgan fingerprint density at radius 2 is 1.81 bits per heavy atom. The number of aromatic nitrogens is 3. The smallest absolute Gasteiger partial charge is 0.260 e. The van der Waals surface area contributed by atoms with E-state index in [-0.39, 0.29) is 12.5 Å². The molecule has 2 aromatic carbocycles. The van der Waals surface area contributed by atoms with Gasteiger partial charge in [-0.25, -0.2) is 0 Å². The van der Waals surface area contributed by atoms with Crippen LogP contribution in [-0.4, -0.2) is 45.3 Å². The van der Waals surface area contributed by atoms with Gasteiger partial charge in [-0.1, -0.05) is 36.4 Å². The van der Waals surface area contributed by atoms with Crippen LogP contribution in [0.15, 0.2) is 67.0 Å². The molecule has 1 aliphatic heterocycles. The van der Waals surface area contributed by atoms with Crippen LogP contribution >= 0.6 is 0 Å². The van der Waals surface area contributed by atoms with Crippen LogP contribution in [0.1, 0.15) is 12.2 Å².